The minimum atomic E-state index is -4.51. The zero-order valence-corrected chi connectivity index (χ0v) is 11.5. The third kappa shape index (κ3) is 3.59. The van der Waals surface area contributed by atoms with Gasteiger partial charge in [0.1, 0.15) is 5.69 Å². The number of pyridine rings is 1. The lowest BCUT2D eigenvalue weighted by Gasteiger charge is -2.09. The van der Waals surface area contributed by atoms with Crippen molar-refractivity contribution in [2.45, 2.75) is 20.0 Å². The summed E-state index contributed by atoms with van der Waals surface area (Å²) in [5, 5.41) is 2.62. The SMILES string of the molecule is Cc1ccc(NC(=O)c2ccc(C(F)(F)F)nc2)cc1C. The van der Waals surface area contributed by atoms with Crippen LogP contribution in [0.3, 0.4) is 0 Å². The highest BCUT2D eigenvalue weighted by Gasteiger charge is 2.32. The van der Waals surface area contributed by atoms with Gasteiger partial charge in [-0.1, -0.05) is 6.07 Å². The van der Waals surface area contributed by atoms with Crippen LogP contribution in [0.15, 0.2) is 36.5 Å². The molecule has 0 fully saturated rings. The van der Waals surface area contributed by atoms with Gasteiger partial charge in [-0.15, -0.1) is 0 Å². The first-order valence-corrected chi connectivity index (χ1v) is 6.19. The maximum absolute atomic E-state index is 12.4. The lowest BCUT2D eigenvalue weighted by atomic mass is 10.1. The number of hydrogen-bond donors (Lipinski definition) is 1. The number of amides is 1. The van der Waals surface area contributed by atoms with Gasteiger partial charge in [0.15, 0.2) is 0 Å². The van der Waals surface area contributed by atoms with Crippen LogP contribution in [-0.4, -0.2) is 10.9 Å². The normalized spacial score (nSPS) is 11.3. The molecule has 2 rings (SSSR count). The average molecular weight is 294 g/mol. The van der Waals surface area contributed by atoms with Gasteiger partial charge in [-0.05, 0) is 49.2 Å². The number of hydrogen-bond acceptors (Lipinski definition) is 2. The van der Waals surface area contributed by atoms with Crippen molar-refractivity contribution >= 4 is 11.6 Å². The molecule has 0 radical (unpaired) electrons. The zero-order chi connectivity index (χ0) is 15.6. The van der Waals surface area contributed by atoms with Gasteiger partial charge in [0.05, 0.1) is 5.56 Å². The van der Waals surface area contributed by atoms with Crippen molar-refractivity contribution in [1.29, 1.82) is 0 Å². The van der Waals surface area contributed by atoms with Crippen molar-refractivity contribution in [3.8, 4) is 0 Å². The summed E-state index contributed by atoms with van der Waals surface area (Å²) in [5.74, 6) is -0.500. The van der Waals surface area contributed by atoms with Gasteiger partial charge in [-0.25, -0.2) is 0 Å². The maximum Gasteiger partial charge on any atom is 0.433 e. The molecular formula is C15H13F3N2O. The molecule has 0 bridgehead atoms. The van der Waals surface area contributed by atoms with Gasteiger partial charge < -0.3 is 5.32 Å². The number of nitrogens with one attached hydrogen (secondary N) is 1. The highest BCUT2D eigenvalue weighted by atomic mass is 19.4. The quantitative estimate of drug-likeness (QED) is 0.910. The largest absolute Gasteiger partial charge is 0.433 e. The number of carbonyl (C=O) groups excluding carboxylic acids is 1. The molecule has 1 aromatic carbocycles. The topological polar surface area (TPSA) is 42.0 Å². The average Bonchev–Trinajstić information content (AvgIpc) is 2.42. The van der Waals surface area contributed by atoms with E-state index in [1.807, 2.05) is 19.9 Å². The summed E-state index contributed by atoms with van der Waals surface area (Å²) in [6.45, 7) is 3.85. The number of alkyl halides is 3. The van der Waals surface area contributed by atoms with Crippen LogP contribution in [0.1, 0.15) is 27.2 Å². The summed E-state index contributed by atoms with van der Waals surface area (Å²) >= 11 is 0. The van der Waals surface area contributed by atoms with Crippen LogP contribution in [-0.2, 0) is 6.18 Å². The molecule has 1 aromatic heterocycles. The van der Waals surface area contributed by atoms with Crippen molar-refractivity contribution in [2.75, 3.05) is 5.32 Å². The van der Waals surface area contributed by atoms with Gasteiger partial charge in [0.2, 0.25) is 0 Å². The first kappa shape index (κ1) is 15.0. The predicted octanol–water partition coefficient (Wildman–Crippen LogP) is 3.97. The number of rotatable bonds is 2. The third-order valence-electron chi connectivity index (χ3n) is 3.08. The molecule has 0 spiro atoms. The number of nitrogens with zero attached hydrogens (tertiary/aromatic N) is 1. The smallest absolute Gasteiger partial charge is 0.322 e. The maximum atomic E-state index is 12.4. The Morgan fingerprint density at radius 3 is 2.33 bits per heavy atom. The van der Waals surface area contributed by atoms with Crippen LogP contribution in [0.2, 0.25) is 0 Å². The minimum Gasteiger partial charge on any atom is -0.322 e. The van der Waals surface area contributed by atoms with Crippen LogP contribution in [0.25, 0.3) is 0 Å². The standard InChI is InChI=1S/C15H13F3N2O/c1-9-3-5-12(7-10(9)2)20-14(21)11-4-6-13(19-8-11)15(16,17)18/h3-8H,1-2H3,(H,20,21). The lowest BCUT2D eigenvalue weighted by molar-refractivity contribution is -0.141. The van der Waals surface area contributed by atoms with E-state index in [0.717, 1.165) is 29.5 Å². The second-order valence-electron chi connectivity index (χ2n) is 4.68. The molecule has 2 aromatic rings. The van der Waals surface area contributed by atoms with Gasteiger partial charge >= 0.3 is 6.18 Å². The van der Waals surface area contributed by atoms with E-state index in [9.17, 15) is 18.0 Å². The Hall–Kier alpha value is -2.37. The van der Waals surface area contributed by atoms with E-state index in [2.05, 4.69) is 10.3 Å². The van der Waals surface area contributed by atoms with E-state index in [-0.39, 0.29) is 5.56 Å². The van der Waals surface area contributed by atoms with Gasteiger partial charge in [-0.2, -0.15) is 13.2 Å². The molecule has 0 aliphatic rings. The summed E-state index contributed by atoms with van der Waals surface area (Å²) in [4.78, 5) is 15.2. The number of anilines is 1. The molecule has 0 saturated carbocycles. The van der Waals surface area contributed by atoms with E-state index in [0.29, 0.717) is 5.69 Å². The lowest BCUT2D eigenvalue weighted by Crippen LogP contribution is -2.14. The first-order valence-electron chi connectivity index (χ1n) is 6.19. The summed E-state index contributed by atoms with van der Waals surface area (Å²) < 4.78 is 37.2. The van der Waals surface area contributed by atoms with Gasteiger partial charge in [-0.3, -0.25) is 9.78 Å². The Balaban J connectivity index is 2.15. The highest BCUT2D eigenvalue weighted by molar-refractivity contribution is 6.04. The molecule has 6 heteroatoms. The molecule has 1 heterocycles. The molecular weight excluding hydrogens is 281 g/mol. The molecule has 0 atom stereocenters. The Morgan fingerprint density at radius 1 is 1.10 bits per heavy atom. The molecule has 21 heavy (non-hydrogen) atoms. The fraction of sp³-hybridized carbons (Fsp3) is 0.200. The van der Waals surface area contributed by atoms with Gasteiger partial charge in [0.25, 0.3) is 5.91 Å². The number of aromatic nitrogens is 1. The second kappa shape index (κ2) is 5.55. The van der Waals surface area contributed by atoms with Crippen molar-refractivity contribution in [2.24, 2.45) is 0 Å². The highest BCUT2D eigenvalue weighted by Crippen LogP contribution is 2.27. The summed E-state index contributed by atoms with van der Waals surface area (Å²) in [6, 6.07) is 7.28. The van der Waals surface area contributed by atoms with Crippen LogP contribution in [0, 0.1) is 13.8 Å². The van der Waals surface area contributed by atoms with E-state index < -0.39 is 17.8 Å². The number of halogens is 3. The molecule has 0 aliphatic heterocycles. The van der Waals surface area contributed by atoms with Crippen molar-refractivity contribution in [1.82, 2.24) is 4.98 Å². The molecule has 3 nitrogen and oxygen atoms in total. The van der Waals surface area contributed by atoms with Crippen molar-refractivity contribution in [3.05, 3.63) is 58.9 Å². The third-order valence-corrected chi connectivity index (χ3v) is 3.08. The van der Waals surface area contributed by atoms with Crippen LogP contribution >= 0.6 is 0 Å². The number of carbonyl (C=O) groups is 1. The van der Waals surface area contributed by atoms with E-state index >= 15 is 0 Å². The molecule has 1 N–H and O–H groups in total. The van der Waals surface area contributed by atoms with Gasteiger partial charge in [0, 0.05) is 11.9 Å². The molecule has 0 aliphatic carbocycles. The minimum absolute atomic E-state index is 0.0706. The van der Waals surface area contributed by atoms with E-state index in [4.69, 9.17) is 0 Å². The second-order valence-corrected chi connectivity index (χ2v) is 4.68. The Bertz CT molecular complexity index is 664. The zero-order valence-electron chi connectivity index (χ0n) is 11.5. The van der Waals surface area contributed by atoms with Crippen LogP contribution in [0.5, 0.6) is 0 Å². The monoisotopic (exact) mass is 294 g/mol. The predicted molar refractivity (Wildman–Crippen MR) is 73.1 cm³/mol. The number of benzene rings is 1. The van der Waals surface area contributed by atoms with E-state index in [1.54, 1.807) is 12.1 Å². The summed E-state index contributed by atoms with van der Waals surface area (Å²) in [7, 11) is 0. The van der Waals surface area contributed by atoms with Crippen LogP contribution in [0.4, 0.5) is 18.9 Å². The molecule has 0 unspecified atom stereocenters. The van der Waals surface area contributed by atoms with Crippen molar-refractivity contribution in [3.63, 3.8) is 0 Å². The van der Waals surface area contributed by atoms with Crippen LogP contribution < -0.4 is 5.32 Å². The Kier molecular flexibility index (Phi) is 3.97. The summed E-state index contributed by atoms with van der Waals surface area (Å²) in [5.41, 5.74) is 1.73. The summed E-state index contributed by atoms with van der Waals surface area (Å²) in [6.07, 6.45) is -3.59. The fourth-order valence-corrected chi connectivity index (χ4v) is 1.72. The first-order chi connectivity index (χ1) is 9.77. The fourth-order valence-electron chi connectivity index (χ4n) is 1.72. The van der Waals surface area contributed by atoms with E-state index in [1.165, 1.54) is 0 Å². The molecule has 110 valence electrons. The molecule has 0 saturated heterocycles. The Morgan fingerprint density at radius 2 is 1.81 bits per heavy atom. The van der Waals surface area contributed by atoms with Crippen molar-refractivity contribution < 1.29 is 18.0 Å². The Labute approximate surface area is 119 Å². The molecule has 1 amide bonds. The number of aryl methyl sites for hydroxylation is 2.